The molecule has 92 valence electrons. The summed E-state index contributed by atoms with van der Waals surface area (Å²) in [5, 5.41) is 3.33. The largest absolute Gasteiger partial charge is 0.341 e. The number of likely N-dealkylation sites (tertiary alicyclic amines) is 1. The summed E-state index contributed by atoms with van der Waals surface area (Å²) in [6.45, 7) is 7.06. The maximum absolute atomic E-state index is 11.7. The number of hydrogen-bond acceptors (Lipinski definition) is 3. The molecule has 0 aromatic rings. The van der Waals surface area contributed by atoms with Gasteiger partial charge in [0, 0.05) is 58.1 Å². The molecule has 0 spiro atoms. The van der Waals surface area contributed by atoms with Gasteiger partial charge in [0.05, 0.1) is 0 Å². The van der Waals surface area contributed by atoms with Crippen molar-refractivity contribution in [1.82, 2.24) is 15.1 Å². The zero-order chi connectivity index (χ0) is 11.4. The van der Waals surface area contributed by atoms with E-state index in [2.05, 4.69) is 10.2 Å². The lowest BCUT2D eigenvalue weighted by Gasteiger charge is -2.29. The third-order valence-electron chi connectivity index (χ3n) is 3.41. The van der Waals surface area contributed by atoms with E-state index in [9.17, 15) is 4.79 Å². The van der Waals surface area contributed by atoms with Gasteiger partial charge in [-0.1, -0.05) is 0 Å². The SMILES string of the molecule is O=C1CC(CCl)CN1CCN1CCNCC1. The van der Waals surface area contributed by atoms with Crippen LogP contribution in [0.15, 0.2) is 0 Å². The van der Waals surface area contributed by atoms with Crippen LogP contribution in [0, 0.1) is 5.92 Å². The van der Waals surface area contributed by atoms with Crippen LogP contribution < -0.4 is 5.32 Å². The lowest BCUT2D eigenvalue weighted by molar-refractivity contribution is -0.127. The highest BCUT2D eigenvalue weighted by Crippen LogP contribution is 2.18. The fourth-order valence-corrected chi connectivity index (χ4v) is 2.58. The molecule has 2 aliphatic heterocycles. The second-order valence-electron chi connectivity index (χ2n) is 4.66. The summed E-state index contributed by atoms with van der Waals surface area (Å²) in [5.41, 5.74) is 0. The number of halogens is 1. The molecule has 2 rings (SSSR count). The molecule has 0 saturated carbocycles. The minimum atomic E-state index is 0.279. The van der Waals surface area contributed by atoms with Gasteiger partial charge in [0.2, 0.25) is 5.91 Å². The number of alkyl halides is 1. The average molecular weight is 246 g/mol. The van der Waals surface area contributed by atoms with Gasteiger partial charge in [-0.3, -0.25) is 9.69 Å². The number of carbonyl (C=O) groups is 1. The van der Waals surface area contributed by atoms with E-state index >= 15 is 0 Å². The highest BCUT2D eigenvalue weighted by Gasteiger charge is 2.28. The molecular weight excluding hydrogens is 226 g/mol. The van der Waals surface area contributed by atoms with Gasteiger partial charge >= 0.3 is 0 Å². The lowest BCUT2D eigenvalue weighted by Crippen LogP contribution is -2.46. The van der Waals surface area contributed by atoms with Crippen molar-refractivity contribution in [2.24, 2.45) is 5.92 Å². The minimum absolute atomic E-state index is 0.279. The molecule has 2 fully saturated rings. The smallest absolute Gasteiger partial charge is 0.223 e. The lowest BCUT2D eigenvalue weighted by atomic mass is 10.1. The van der Waals surface area contributed by atoms with Crippen molar-refractivity contribution >= 4 is 17.5 Å². The van der Waals surface area contributed by atoms with Gasteiger partial charge < -0.3 is 10.2 Å². The maximum atomic E-state index is 11.7. The Balaban J connectivity index is 1.71. The standard InChI is InChI=1S/C11H20ClN3O/c12-8-10-7-11(16)15(9-10)6-5-14-3-1-13-2-4-14/h10,13H,1-9H2. The number of nitrogens with one attached hydrogen (secondary N) is 1. The average Bonchev–Trinajstić information content (AvgIpc) is 2.69. The van der Waals surface area contributed by atoms with Crippen LogP contribution >= 0.6 is 11.6 Å². The quantitative estimate of drug-likeness (QED) is 0.708. The number of hydrogen-bond donors (Lipinski definition) is 1. The van der Waals surface area contributed by atoms with Crippen LogP contribution in [0.5, 0.6) is 0 Å². The monoisotopic (exact) mass is 245 g/mol. The Morgan fingerprint density at radius 3 is 2.69 bits per heavy atom. The first-order valence-electron chi connectivity index (χ1n) is 6.06. The molecule has 4 nitrogen and oxygen atoms in total. The Labute approximate surface area is 102 Å². The van der Waals surface area contributed by atoms with Crippen molar-refractivity contribution in [3.05, 3.63) is 0 Å². The third-order valence-corrected chi connectivity index (χ3v) is 3.85. The highest BCUT2D eigenvalue weighted by atomic mass is 35.5. The molecule has 5 heteroatoms. The van der Waals surface area contributed by atoms with E-state index in [4.69, 9.17) is 11.6 Å². The Morgan fingerprint density at radius 1 is 1.31 bits per heavy atom. The molecule has 2 aliphatic rings. The zero-order valence-electron chi connectivity index (χ0n) is 9.62. The normalized spacial score (nSPS) is 27.7. The third kappa shape index (κ3) is 3.09. The summed E-state index contributed by atoms with van der Waals surface area (Å²) in [4.78, 5) is 16.0. The first-order valence-corrected chi connectivity index (χ1v) is 6.60. The number of nitrogens with zero attached hydrogens (tertiary/aromatic N) is 2. The van der Waals surface area contributed by atoms with Crippen LogP contribution in [-0.2, 0) is 4.79 Å². The van der Waals surface area contributed by atoms with E-state index in [-0.39, 0.29) is 5.91 Å². The van der Waals surface area contributed by atoms with Gasteiger partial charge in [-0.2, -0.15) is 0 Å². The summed E-state index contributed by atoms with van der Waals surface area (Å²) >= 11 is 5.79. The molecule has 0 aromatic heterocycles. The second kappa shape index (κ2) is 5.84. The van der Waals surface area contributed by atoms with Crippen molar-refractivity contribution in [1.29, 1.82) is 0 Å². The summed E-state index contributed by atoms with van der Waals surface area (Å²) in [7, 11) is 0. The molecule has 16 heavy (non-hydrogen) atoms. The fraction of sp³-hybridized carbons (Fsp3) is 0.909. The minimum Gasteiger partial charge on any atom is -0.341 e. The van der Waals surface area contributed by atoms with E-state index in [0.29, 0.717) is 18.2 Å². The number of amides is 1. The van der Waals surface area contributed by atoms with Crippen LogP contribution in [0.4, 0.5) is 0 Å². The molecular formula is C11H20ClN3O. The molecule has 2 heterocycles. The maximum Gasteiger partial charge on any atom is 0.223 e. The molecule has 1 unspecified atom stereocenters. The molecule has 0 aromatic carbocycles. The van der Waals surface area contributed by atoms with Gasteiger partial charge in [-0.15, -0.1) is 11.6 Å². The Hall–Kier alpha value is -0.320. The van der Waals surface area contributed by atoms with Gasteiger partial charge in [0.1, 0.15) is 0 Å². The van der Waals surface area contributed by atoms with Gasteiger partial charge in [0.25, 0.3) is 0 Å². The van der Waals surface area contributed by atoms with Crippen LogP contribution in [0.1, 0.15) is 6.42 Å². The second-order valence-corrected chi connectivity index (χ2v) is 4.96. The van der Waals surface area contributed by atoms with Crippen molar-refractivity contribution < 1.29 is 4.79 Å². The first-order chi connectivity index (χ1) is 7.79. The molecule has 0 radical (unpaired) electrons. The van der Waals surface area contributed by atoms with Crippen LogP contribution in [0.3, 0.4) is 0 Å². The van der Waals surface area contributed by atoms with E-state index in [1.165, 1.54) is 0 Å². The molecule has 0 aliphatic carbocycles. The molecule has 1 atom stereocenters. The van der Waals surface area contributed by atoms with Gasteiger partial charge in [-0.25, -0.2) is 0 Å². The van der Waals surface area contributed by atoms with E-state index in [0.717, 1.165) is 45.8 Å². The summed E-state index contributed by atoms with van der Waals surface area (Å²) in [5.74, 6) is 1.26. The van der Waals surface area contributed by atoms with Crippen LogP contribution in [-0.4, -0.2) is 67.4 Å². The van der Waals surface area contributed by atoms with Crippen molar-refractivity contribution in [3.63, 3.8) is 0 Å². The number of piperazine rings is 1. The van der Waals surface area contributed by atoms with Crippen LogP contribution in [0.2, 0.25) is 0 Å². The molecule has 1 amide bonds. The first kappa shape index (κ1) is 12.1. The molecule has 0 bridgehead atoms. The van der Waals surface area contributed by atoms with Crippen molar-refractivity contribution in [2.45, 2.75) is 6.42 Å². The van der Waals surface area contributed by atoms with E-state index < -0.39 is 0 Å². The van der Waals surface area contributed by atoms with Gasteiger partial charge in [0.15, 0.2) is 0 Å². The number of carbonyl (C=O) groups excluding carboxylic acids is 1. The summed E-state index contributed by atoms with van der Waals surface area (Å²) < 4.78 is 0. The topological polar surface area (TPSA) is 35.6 Å². The highest BCUT2D eigenvalue weighted by molar-refractivity contribution is 6.18. The van der Waals surface area contributed by atoms with E-state index in [1.54, 1.807) is 0 Å². The summed E-state index contributed by atoms with van der Waals surface area (Å²) in [6.07, 6.45) is 0.644. The molecule has 1 N–H and O–H groups in total. The predicted molar refractivity (Wildman–Crippen MR) is 64.7 cm³/mol. The fourth-order valence-electron chi connectivity index (χ4n) is 2.37. The molecule has 2 saturated heterocycles. The van der Waals surface area contributed by atoms with Gasteiger partial charge in [-0.05, 0) is 5.92 Å². The van der Waals surface area contributed by atoms with Crippen molar-refractivity contribution in [3.8, 4) is 0 Å². The Bertz CT molecular complexity index is 243. The van der Waals surface area contributed by atoms with Crippen molar-refractivity contribution in [2.75, 3.05) is 51.7 Å². The summed E-state index contributed by atoms with van der Waals surface area (Å²) in [6, 6.07) is 0. The van der Waals surface area contributed by atoms with Crippen LogP contribution in [0.25, 0.3) is 0 Å². The Kier molecular flexibility index (Phi) is 4.44. The van der Waals surface area contributed by atoms with E-state index in [1.807, 2.05) is 4.90 Å². The Morgan fingerprint density at radius 2 is 2.06 bits per heavy atom. The number of rotatable bonds is 4. The zero-order valence-corrected chi connectivity index (χ0v) is 10.4. The predicted octanol–water partition coefficient (Wildman–Crippen LogP) is -0.0211.